The molecule has 1 atom stereocenters. The summed E-state index contributed by atoms with van der Waals surface area (Å²) in [6, 6.07) is 4.34. The van der Waals surface area contributed by atoms with Crippen molar-refractivity contribution in [1.82, 2.24) is 15.2 Å². The van der Waals surface area contributed by atoms with E-state index in [4.69, 9.17) is 0 Å². The quantitative estimate of drug-likeness (QED) is 0.866. The standard InChI is InChI=1S/C14H20N4O/c19-14(17-12-2-1-6-15-9-12)16-8-11-5-7-18(10-11)13-3-4-13/h1-2,6,9,11,13H,3-5,7-8,10H2,(H2,16,17,19)/t11-/m1/s1. The summed E-state index contributed by atoms with van der Waals surface area (Å²) in [5.74, 6) is 0.597. The van der Waals surface area contributed by atoms with E-state index in [2.05, 4.69) is 20.5 Å². The van der Waals surface area contributed by atoms with Crippen molar-refractivity contribution < 1.29 is 4.79 Å². The molecule has 2 amide bonds. The minimum Gasteiger partial charge on any atom is -0.338 e. The van der Waals surface area contributed by atoms with E-state index in [1.165, 1.54) is 25.8 Å². The van der Waals surface area contributed by atoms with Gasteiger partial charge in [-0.1, -0.05) is 0 Å². The zero-order chi connectivity index (χ0) is 13.1. The Morgan fingerprint density at radius 3 is 3.05 bits per heavy atom. The number of aromatic nitrogens is 1. The Balaban J connectivity index is 1.39. The summed E-state index contributed by atoms with van der Waals surface area (Å²) in [4.78, 5) is 18.3. The number of hydrogen-bond acceptors (Lipinski definition) is 3. The van der Waals surface area contributed by atoms with Crippen LogP contribution < -0.4 is 10.6 Å². The molecule has 0 spiro atoms. The van der Waals surface area contributed by atoms with Crippen molar-refractivity contribution in [2.24, 2.45) is 5.92 Å². The lowest BCUT2D eigenvalue weighted by molar-refractivity contribution is 0.249. The summed E-state index contributed by atoms with van der Waals surface area (Å²) < 4.78 is 0. The molecule has 2 aliphatic rings. The number of rotatable bonds is 4. The van der Waals surface area contributed by atoms with E-state index in [1.54, 1.807) is 18.5 Å². The van der Waals surface area contributed by atoms with E-state index in [0.29, 0.717) is 5.92 Å². The molecular formula is C14H20N4O. The first kappa shape index (κ1) is 12.4. The van der Waals surface area contributed by atoms with Crippen LogP contribution in [0.5, 0.6) is 0 Å². The molecule has 5 heteroatoms. The Morgan fingerprint density at radius 1 is 1.42 bits per heavy atom. The van der Waals surface area contributed by atoms with E-state index in [-0.39, 0.29) is 6.03 Å². The van der Waals surface area contributed by atoms with Gasteiger partial charge in [0.15, 0.2) is 0 Å². The molecule has 5 nitrogen and oxygen atoms in total. The molecular weight excluding hydrogens is 240 g/mol. The molecule has 3 rings (SSSR count). The molecule has 0 radical (unpaired) electrons. The Labute approximate surface area is 113 Å². The average Bonchev–Trinajstić information content (AvgIpc) is 3.17. The van der Waals surface area contributed by atoms with Gasteiger partial charge in [0.05, 0.1) is 11.9 Å². The lowest BCUT2D eigenvalue weighted by Crippen LogP contribution is -2.34. The maximum atomic E-state index is 11.7. The highest BCUT2D eigenvalue weighted by molar-refractivity contribution is 5.88. The van der Waals surface area contributed by atoms with Crippen LogP contribution in [0.4, 0.5) is 10.5 Å². The van der Waals surface area contributed by atoms with Gasteiger partial charge in [-0.15, -0.1) is 0 Å². The summed E-state index contributed by atoms with van der Waals surface area (Å²) in [7, 11) is 0. The average molecular weight is 260 g/mol. The molecule has 1 saturated carbocycles. The molecule has 2 N–H and O–H groups in total. The van der Waals surface area contributed by atoms with E-state index < -0.39 is 0 Å². The minimum absolute atomic E-state index is 0.141. The number of hydrogen-bond donors (Lipinski definition) is 2. The highest BCUT2D eigenvalue weighted by Gasteiger charge is 2.34. The van der Waals surface area contributed by atoms with Crippen LogP contribution in [0.15, 0.2) is 24.5 Å². The van der Waals surface area contributed by atoms with Crippen molar-refractivity contribution in [3.63, 3.8) is 0 Å². The third kappa shape index (κ3) is 3.44. The van der Waals surface area contributed by atoms with Gasteiger partial charge < -0.3 is 15.5 Å². The summed E-state index contributed by atoms with van der Waals surface area (Å²) in [6.07, 6.45) is 7.25. The van der Waals surface area contributed by atoms with Gasteiger partial charge in [0.2, 0.25) is 0 Å². The second-order valence-corrected chi connectivity index (χ2v) is 5.46. The highest BCUT2D eigenvalue weighted by atomic mass is 16.2. The molecule has 0 unspecified atom stereocenters. The lowest BCUT2D eigenvalue weighted by Gasteiger charge is -2.15. The van der Waals surface area contributed by atoms with Crippen LogP contribution in [0.25, 0.3) is 0 Å². The maximum absolute atomic E-state index is 11.7. The molecule has 1 saturated heterocycles. The molecule has 102 valence electrons. The molecule has 2 heterocycles. The summed E-state index contributed by atoms with van der Waals surface area (Å²) >= 11 is 0. The fraction of sp³-hybridized carbons (Fsp3) is 0.571. The number of anilines is 1. The van der Waals surface area contributed by atoms with Crippen LogP contribution in [-0.4, -0.2) is 41.6 Å². The molecule has 1 aliphatic heterocycles. The Morgan fingerprint density at radius 2 is 2.32 bits per heavy atom. The fourth-order valence-electron chi connectivity index (χ4n) is 2.65. The van der Waals surface area contributed by atoms with Crippen LogP contribution in [-0.2, 0) is 0 Å². The number of nitrogens with one attached hydrogen (secondary N) is 2. The van der Waals surface area contributed by atoms with E-state index in [9.17, 15) is 4.79 Å². The number of carbonyl (C=O) groups is 1. The van der Waals surface area contributed by atoms with E-state index in [1.807, 2.05) is 6.07 Å². The van der Waals surface area contributed by atoms with Crippen LogP contribution >= 0.6 is 0 Å². The predicted octanol–water partition coefficient (Wildman–Crippen LogP) is 1.69. The zero-order valence-corrected chi connectivity index (χ0v) is 11.0. The number of urea groups is 1. The monoisotopic (exact) mass is 260 g/mol. The second-order valence-electron chi connectivity index (χ2n) is 5.46. The Hall–Kier alpha value is -1.62. The Kier molecular flexibility index (Phi) is 3.64. The van der Waals surface area contributed by atoms with Gasteiger partial charge in [-0.2, -0.15) is 0 Å². The smallest absolute Gasteiger partial charge is 0.319 e. The summed E-state index contributed by atoms with van der Waals surface area (Å²) in [5, 5.41) is 5.73. The number of pyridine rings is 1. The van der Waals surface area contributed by atoms with Crippen molar-refractivity contribution in [3.05, 3.63) is 24.5 Å². The normalized spacial score (nSPS) is 23.3. The van der Waals surface area contributed by atoms with Gasteiger partial charge in [-0.3, -0.25) is 4.98 Å². The number of amides is 2. The lowest BCUT2D eigenvalue weighted by atomic mass is 10.1. The first-order valence-electron chi connectivity index (χ1n) is 7.00. The summed E-state index contributed by atoms with van der Waals surface area (Å²) in [5.41, 5.74) is 0.728. The van der Waals surface area contributed by atoms with Gasteiger partial charge in [-0.25, -0.2) is 4.79 Å². The third-order valence-electron chi connectivity index (χ3n) is 3.85. The highest BCUT2D eigenvalue weighted by Crippen LogP contribution is 2.31. The van der Waals surface area contributed by atoms with Crippen LogP contribution in [0.2, 0.25) is 0 Å². The van der Waals surface area contributed by atoms with Crippen molar-refractivity contribution in [2.45, 2.75) is 25.3 Å². The second kappa shape index (κ2) is 5.57. The fourth-order valence-corrected chi connectivity index (χ4v) is 2.65. The first-order chi connectivity index (χ1) is 9.31. The van der Waals surface area contributed by atoms with Gasteiger partial charge in [0, 0.05) is 25.3 Å². The molecule has 1 aromatic rings. The van der Waals surface area contributed by atoms with Crippen molar-refractivity contribution in [1.29, 1.82) is 0 Å². The number of carbonyl (C=O) groups excluding carboxylic acids is 1. The molecule has 0 aromatic carbocycles. The molecule has 19 heavy (non-hydrogen) atoms. The van der Waals surface area contributed by atoms with Gasteiger partial charge in [0.25, 0.3) is 0 Å². The molecule has 1 aliphatic carbocycles. The van der Waals surface area contributed by atoms with E-state index in [0.717, 1.165) is 24.8 Å². The number of nitrogens with zero attached hydrogens (tertiary/aromatic N) is 2. The molecule has 1 aromatic heterocycles. The van der Waals surface area contributed by atoms with Gasteiger partial charge in [0.1, 0.15) is 0 Å². The maximum Gasteiger partial charge on any atom is 0.319 e. The van der Waals surface area contributed by atoms with Gasteiger partial charge in [-0.05, 0) is 43.9 Å². The van der Waals surface area contributed by atoms with Crippen LogP contribution in [0.3, 0.4) is 0 Å². The topological polar surface area (TPSA) is 57.3 Å². The van der Waals surface area contributed by atoms with Crippen LogP contribution in [0, 0.1) is 5.92 Å². The SMILES string of the molecule is O=C(NC[C@H]1CCN(C2CC2)C1)Nc1cccnc1. The van der Waals surface area contributed by atoms with Gasteiger partial charge >= 0.3 is 6.03 Å². The van der Waals surface area contributed by atoms with Crippen molar-refractivity contribution >= 4 is 11.7 Å². The predicted molar refractivity (Wildman–Crippen MR) is 74.0 cm³/mol. The van der Waals surface area contributed by atoms with Crippen molar-refractivity contribution in [3.8, 4) is 0 Å². The van der Waals surface area contributed by atoms with Crippen molar-refractivity contribution in [2.75, 3.05) is 25.0 Å². The minimum atomic E-state index is -0.141. The number of likely N-dealkylation sites (tertiary alicyclic amines) is 1. The third-order valence-corrected chi connectivity index (χ3v) is 3.85. The first-order valence-corrected chi connectivity index (χ1v) is 7.00. The Bertz CT molecular complexity index is 432. The molecule has 2 fully saturated rings. The zero-order valence-electron chi connectivity index (χ0n) is 11.0. The molecule has 0 bridgehead atoms. The largest absolute Gasteiger partial charge is 0.338 e. The van der Waals surface area contributed by atoms with E-state index >= 15 is 0 Å². The summed E-state index contributed by atoms with van der Waals surface area (Å²) in [6.45, 7) is 3.09. The van der Waals surface area contributed by atoms with Crippen LogP contribution in [0.1, 0.15) is 19.3 Å².